The van der Waals surface area contributed by atoms with Gasteiger partial charge in [0.1, 0.15) is 5.82 Å². The third kappa shape index (κ3) is 3.06. The van der Waals surface area contributed by atoms with Gasteiger partial charge >= 0.3 is 0 Å². The number of nitrogens with zero attached hydrogens (tertiary/aromatic N) is 1. The number of nitrogens with one attached hydrogen (secondary N) is 1. The highest BCUT2D eigenvalue weighted by Crippen LogP contribution is 2.09. The van der Waals surface area contributed by atoms with E-state index < -0.39 is 0 Å². The summed E-state index contributed by atoms with van der Waals surface area (Å²) < 4.78 is 12.7. The zero-order valence-corrected chi connectivity index (χ0v) is 8.38. The molecular formula is C11H11FN2O. The summed E-state index contributed by atoms with van der Waals surface area (Å²) in [5.74, 6) is -0.635. The van der Waals surface area contributed by atoms with Crippen molar-refractivity contribution in [2.24, 2.45) is 0 Å². The van der Waals surface area contributed by atoms with E-state index in [0.29, 0.717) is 17.7 Å². The van der Waals surface area contributed by atoms with Crippen molar-refractivity contribution in [3.63, 3.8) is 0 Å². The Morgan fingerprint density at radius 3 is 2.93 bits per heavy atom. The molecule has 1 N–H and O–H groups in total. The second-order valence-corrected chi connectivity index (χ2v) is 3.12. The molecule has 0 aromatic heterocycles. The number of hydrogen-bond donors (Lipinski definition) is 1. The zero-order valence-electron chi connectivity index (χ0n) is 8.38. The van der Waals surface area contributed by atoms with Crippen LogP contribution in [-0.2, 0) is 0 Å². The van der Waals surface area contributed by atoms with Crippen molar-refractivity contribution in [2.45, 2.75) is 13.3 Å². The van der Waals surface area contributed by atoms with Gasteiger partial charge in [-0.2, -0.15) is 5.26 Å². The normalized spacial score (nSPS) is 9.40. The Bertz CT molecular complexity index is 410. The molecule has 0 aliphatic rings. The van der Waals surface area contributed by atoms with Crippen LogP contribution in [0.2, 0.25) is 0 Å². The van der Waals surface area contributed by atoms with Crippen LogP contribution in [0.4, 0.5) is 4.39 Å². The van der Waals surface area contributed by atoms with Crippen molar-refractivity contribution in [1.82, 2.24) is 5.32 Å². The maximum Gasteiger partial charge on any atom is 0.251 e. The number of aryl methyl sites for hydroxylation is 1. The smallest absolute Gasteiger partial charge is 0.251 e. The summed E-state index contributed by atoms with van der Waals surface area (Å²) in [5.41, 5.74) is 1.03. The number of halogens is 1. The van der Waals surface area contributed by atoms with E-state index in [1.165, 1.54) is 18.2 Å². The number of carbonyl (C=O) groups excluding carboxylic acids is 1. The molecule has 4 heteroatoms. The van der Waals surface area contributed by atoms with E-state index in [9.17, 15) is 9.18 Å². The molecular weight excluding hydrogens is 195 g/mol. The van der Waals surface area contributed by atoms with Crippen molar-refractivity contribution in [2.75, 3.05) is 6.54 Å². The van der Waals surface area contributed by atoms with Gasteiger partial charge in [-0.15, -0.1) is 0 Å². The van der Waals surface area contributed by atoms with E-state index >= 15 is 0 Å². The van der Waals surface area contributed by atoms with Gasteiger partial charge in [0, 0.05) is 12.1 Å². The molecule has 1 aromatic rings. The molecule has 0 bridgehead atoms. The van der Waals surface area contributed by atoms with Crippen molar-refractivity contribution >= 4 is 5.91 Å². The Labute approximate surface area is 87.5 Å². The molecule has 1 amide bonds. The predicted molar refractivity (Wildman–Crippen MR) is 53.7 cm³/mol. The molecule has 0 heterocycles. The second kappa shape index (κ2) is 5.11. The minimum atomic E-state index is -0.360. The largest absolute Gasteiger partial charge is 0.351 e. The van der Waals surface area contributed by atoms with Gasteiger partial charge in [-0.3, -0.25) is 4.79 Å². The number of rotatable bonds is 3. The van der Waals surface area contributed by atoms with Crippen molar-refractivity contribution in [3.05, 3.63) is 35.1 Å². The minimum absolute atomic E-state index is 0.270. The van der Waals surface area contributed by atoms with Crippen LogP contribution in [0.25, 0.3) is 0 Å². The van der Waals surface area contributed by atoms with Crippen LogP contribution >= 0.6 is 0 Å². The van der Waals surface area contributed by atoms with Gasteiger partial charge in [0.25, 0.3) is 5.91 Å². The fourth-order valence-corrected chi connectivity index (χ4v) is 1.21. The summed E-state index contributed by atoms with van der Waals surface area (Å²) >= 11 is 0. The number of hydrogen-bond acceptors (Lipinski definition) is 2. The van der Waals surface area contributed by atoms with Crippen molar-refractivity contribution < 1.29 is 9.18 Å². The van der Waals surface area contributed by atoms with Gasteiger partial charge in [0.05, 0.1) is 12.5 Å². The Balaban J connectivity index is 2.70. The highest BCUT2D eigenvalue weighted by molar-refractivity contribution is 5.95. The van der Waals surface area contributed by atoms with Crippen LogP contribution in [0.15, 0.2) is 18.2 Å². The van der Waals surface area contributed by atoms with E-state index in [-0.39, 0.29) is 18.1 Å². The lowest BCUT2D eigenvalue weighted by Gasteiger charge is -2.05. The van der Waals surface area contributed by atoms with Crippen molar-refractivity contribution in [3.8, 4) is 6.07 Å². The second-order valence-electron chi connectivity index (χ2n) is 3.12. The molecule has 0 saturated heterocycles. The van der Waals surface area contributed by atoms with Gasteiger partial charge in [-0.1, -0.05) is 0 Å². The van der Waals surface area contributed by atoms with E-state index in [2.05, 4.69) is 5.32 Å². The minimum Gasteiger partial charge on any atom is -0.351 e. The Kier molecular flexibility index (Phi) is 3.81. The molecule has 1 rings (SSSR count). The van der Waals surface area contributed by atoms with Gasteiger partial charge in [0.15, 0.2) is 0 Å². The average molecular weight is 206 g/mol. The molecule has 78 valence electrons. The van der Waals surface area contributed by atoms with Gasteiger partial charge in [-0.05, 0) is 30.7 Å². The SMILES string of the molecule is Cc1cc(F)ccc1C(=O)NCCC#N. The third-order valence-corrected chi connectivity index (χ3v) is 1.96. The lowest BCUT2D eigenvalue weighted by atomic mass is 10.1. The summed E-state index contributed by atoms with van der Waals surface area (Å²) in [6, 6.07) is 5.91. The first-order valence-corrected chi connectivity index (χ1v) is 4.56. The first kappa shape index (κ1) is 11.2. The predicted octanol–water partition coefficient (Wildman–Crippen LogP) is 1.78. The molecule has 1 aromatic carbocycles. The number of nitriles is 1. The molecule has 0 spiro atoms. The molecule has 0 unspecified atom stereocenters. The Hall–Kier alpha value is -1.89. The maximum atomic E-state index is 12.7. The Morgan fingerprint density at radius 2 is 2.33 bits per heavy atom. The quantitative estimate of drug-likeness (QED) is 0.766. The lowest BCUT2D eigenvalue weighted by Crippen LogP contribution is -2.24. The summed E-state index contributed by atoms with van der Waals surface area (Å²) in [7, 11) is 0. The van der Waals surface area contributed by atoms with Crippen LogP contribution in [0, 0.1) is 24.1 Å². The zero-order chi connectivity index (χ0) is 11.3. The van der Waals surface area contributed by atoms with Crippen LogP contribution in [0.5, 0.6) is 0 Å². The molecule has 0 radical (unpaired) electrons. The van der Waals surface area contributed by atoms with Crippen molar-refractivity contribution in [1.29, 1.82) is 5.26 Å². The fourth-order valence-electron chi connectivity index (χ4n) is 1.21. The van der Waals surface area contributed by atoms with E-state index in [1.807, 2.05) is 6.07 Å². The molecule has 0 aliphatic carbocycles. The van der Waals surface area contributed by atoms with Crippen LogP contribution in [-0.4, -0.2) is 12.5 Å². The van der Waals surface area contributed by atoms with E-state index in [1.54, 1.807) is 6.92 Å². The molecule has 0 aliphatic heterocycles. The first-order chi connectivity index (χ1) is 7.15. The average Bonchev–Trinajstić information content (AvgIpc) is 2.17. The highest BCUT2D eigenvalue weighted by Gasteiger charge is 2.08. The van der Waals surface area contributed by atoms with Gasteiger partial charge in [-0.25, -0.2) is 4.39 Å². The maximum absolute atomic E-state index is 12.7. The standard InChI is InChI=1S/C11H11FN2O/c1-8-7-9(12)3-4-10(8)11(15)14-6-2-5-13/h3-4,7H,2,6H2,1H3,(H,14,15). The highest BCUT2D eigenvalue weighted by atomic mass is 19.1. The molecule has 0 saturated carbocycles. The van der Waals surface area contributed by atoms with E-state index in [4.69, 9.17) is 5.26 Å². The van der Waals surface area contributed by atoms with Crippen LogP contribution < -0.4 is 5.32 Å². The summed E-state index contributed by atoms with van der Waals surface area (Å²) in [4.78, 5) is 11.5. The van der Waals surface area contributed by atoms with Crippen LogP contribution in [0.1, 0.15) is 22.3 Å². The molecule has 3 nitrogen and oxygen atoms in total. The molecule has 15 heavy (non-hydrogen) atoms. The topological polar surface area (TPSA) is 52.9 Å². The van der Waals surface area contributed by atoms with Gasteiger partial charge in [0.2, 0.25) is 0 Å². The monoisotopic (exact) mass is 206 g/mol. The third-order valence-electron chi connectivity index (χ3n) is 1.96. The number of carbonyl (C=O) groups is 1. The lowest BCUT2D eigenvalue weighted by molar-refractivity contribution is 0.0954. The van der Waals surface area contributed by atoms with Crippen LogP contribution in [0.3, 0.4) is 0 Å². The molecule has 0 atom stereocenters. The van der Waals surface area contributed by atoms with E-state index in [0.717, 1.165) is 0 Å². The molecule has 0 fully saturated rings. The van der Waals surface area contributed by atoms with Gasteiger partial charge < -0.3 is 5.32 Å². The number of benzene rings is 1. The summed E-state index contributed by atoms with van der Waals surface area (Å²) in [6.07, 6.45) is 0.270. The fraction of sp³-hybridized carbons (Fsp3) is 0.273. The number of amides is 1. The summed E-state index contributed by atoms with van der Waals surface area (Å²) in [5, 5.41) is 10.9. The Morgan fingerprint density at radius 1 is 1.60 bits per heavy atom. The summed E-state index contributed by atoms with van der Waals surface area (Å²) in [6.45, 7) is 1.98. The first-order valence-electron chi connectivity index (χ1n) is 4.56.